The molecule has 0 spiro atoms. The predicted octanol–water partition coefficient (Wildman–Crippen LogP) is 4.21. The maximum Gasteiger partial charge on any atom is 0.410 e. The van der Waals surface area contributed by atoms with Crippen molar-refractivity contribution in [1.29, 1.82) is 0 Å². The molecule has 230 valence electrons. The maximum atomic E-state index is 13.6. The summed E-state index contributed by atoms with van der Waals surface area (Å²) >= 11 is 0. The lowest BCUT2D eigenvalue weighted by atomic mass is 9.66. The summed E-state index contributed by atoms with van der Waals surface area (Å²) in [5.74, 6) is -1.19. The summed E-state index contributed by atoms with van der Waals surface area (Å²) in [6.07, 6.45) is -1.29. The van der Waals surface area contributed by atoms with Gasteiger partial charge in [0.2, 0.25) is 12.5 Å². The fourth-order valence-corrected chi connectivity index (χ4v) is 6.74. The molecule has 0 radical (unpaired) electrons. The highest BCUT2D eigenvalue weighted by molar-refractivity contribution is 5.79. The van der Waals surface area contributed by atoms with Gasteiger partial charge in [0.05, 0.1) is 26.7 Å². The lowest BCUT2D eigenvalue weighted by Crippen LogP contribution is -2.49. The molecule has 12 heteroatoms. The molecule has 1 N–H and O–H groups in total. The van der Waals surface area contributed by atoms with Gasteiger partial charge >= 0.3 is 12.1 Å². The molecule has 3 aromatic rings. The van der Waals surface area contributed by atoms with Gasteiger partial charge in [0, 0.05) is 49.3 Å². The summed E-state index contributed by atoms with van der Waals surface area (Å²) < 4.78 is 47.4. The number of anilines is 1. The fourth-order valence-electron chi connectivity index (χ4n) is 6.74. The topological polar surface area (TPSA) is 116 Å². The van der Waals surface area contributed by atoms with Crippen molar-refractivity contribution in [2.75, 3.05) is 58.7 Å². The summed E-state index contributed by atoms with van der Waals surface area (Å²) in [6.45, 7) is 2.05. The Kier molecular flexibility index (Phi) is 6.98. The third kappa shape index (κ3) is 4.65. The summed E-state index contributed by atoms with van der Waals surface area (Å²) in [7, 11) is 2.87. The smallest absolute Gasteiger partial charge is 0.410 e. The number of rotatable bonds is 5. The number of hydrogen-bond donors (Lipinski definition) is 1. The van der Waals surface area contributed by atoms with Gasteiger partial charge in [0.15, 0.2) is 23.0 Å². The first-order chi connectivity index (χ1) is 21.4. The standard InChI is InChI=1S/C32H31FN2O9/c1-39-25-11-17(12-26(40-2)29(25)36)27-20-13-23-24(43-16-42-23)14-21(20)30(22-15-41-31(37)28(22)27)44-32(38)35-9-7-34(8-10-35)19-5-3-18(33)4-6-19/h3-6,11-14,22,27-28,30,36H,7-10,15-16H2,1-2H3/t22-,27+,28-,30+/m0/s1. The zero-order chi connectivity index (χ0) is 30.5. The zero-order valence-electron chi connectivity index (χ0n) is 24.2. The van der Waals surface area contributed by atoms with Crippen LogP contribution in [0.2, 0.25) is 0 Å². The number of halogens is 1. The number of ether oxygens (including phenoxy) is 6. The number of benzene rings is 3. The van der Waals surface area contributed by atoms with E-state index in [0.29, 0.717) is 54.4 Å². The van der Waals surface area contributed by atoms with E-state index >= 15 is 0 Å². The average molecular weight is 607 g/mol. The number of carbonyl (C=O) groups excluding carboxylic acids is 2. The zero-order valence-corrected chi connectivity index (χ0v) is 24.2. The molecular weight excluding hydrogens is 575 g/mol. The first-order valence-electron chi connectivity index (χ1n) is 14.4. The van der Waals surface area contributed by atoms with Gasteiger partial charge in [-0.2, -0.15) is 0 Å². The van der Waals surface area contributed by atoms with Crippen LogP contribution in [-0.4, -0.2) is 75.9 Å². The van der Waals surface area contributed by atoms with Crippen LogP contribution in [0.25, 0.3) is 0 Å². The lowest BCUT2D eigenvalue weighted by molar-refractivity contribution is -0.141. The van der Waals surface area contributed by atoms with E-state index in [9.17, 15) is 19.1 Å². The molecule has 44 heavy (non-hydrogen) atoms. The van der Waals surface area contributed by atoms with Gasteiger partial charge in [-0.15, -0.1) is 0 Å². The van der Waals surface area contributed by atoms with Crippen LogP contribution in [0.5, 0.6) is 28.7 Å². The molecule has 0 unspecified atom stereocenters. The number of amides is 1. The molecule has 3 heterocycles. The van der Waals surface area contributed by atoms with Gasteiger partial charge in [0.25, 0.3) is 0 Å². The van der Waals surface area contributed by atoms with E-state index in [-0.39, 0.29) is 36.5 Å². The Morgan fingerprint density at radius 1 is 0.909 bits per heavy atom. The summed E-state index contributed by atoms with van der Waals surface area (Å²) in [5, 5.41) is 10.6. The van der Waals surface area contributed by atoms with Crippen LogP contribution in [0.4, 0.5) is 14.9 Å². The number of piperazine rings is 1. The molecule has 3 aromatic carbocycles. The van der Waals surface area contributed by atoms with E-state index in [1.807, 2.05) is 12.1 Å². The number of phenolic OH excluding ortho intramolecular Hbond substituents is 1. The number of fused-ring (bicyclic) bond motifs is 3. The fraction of sp³-hybridized carbons (Fsp3) is 0.375. The summed E-state index contributed by atoms with van der Waals surface area (Å²) in [6, 6.07) is 13.3. The number of carbonyl (C=O) groups is 2. The lowest BCUT2D eigenvalue weighted by Gasteiger charge is -2.40. The van der Waals surface area contributed by atoms with E-state index in [2.05, 4.69) is 4.90 Å². The molecule has 4 atom stereocenters. The van der Waals surface area contributed by atoms with Crippen LogP contribution in [0, 0.1) is 17.7 Å². The van der Waals surface area contributed by atoms with Gasteiger partial charge in [-0.05, 0) is 59.7 Å². The molecule has 7 rings (SSSR count). The van der Waals surface area contributed by atoms with Crippen molar-refractivity contribution < 1.29 is 47.5 Å². The number of esters is 1. The minimum atomic E-state index is -0.796. The second kappa shape index (κ2) is 11.0. The van der Waals surface area contributed by atoms with Crippen LogP contribution in [0.1, 0.15) is 28.7 Å². The number of nitrogens with zero attached hydrogens (tertiary/aromatic N) is 2. The monoisotopic (exact) mass is 606 g/mol. The minimum Gasteiger partial charge on any atom is -0.502 e. The highest BCUT2D eigenvalue weighted by Gasteiger charge is 2.54. The van der Waals surface area contributed by atoms with Gasteiger partial charge in [0.1, 0.15) is 11.9 Å². The molecule has 1 amide bonds. The summed E-state index contributed by atoms with van der Waals surface area (Å²) in [4.78, 5) is 30.7. The highest BCUT2D eigenvalue weighted by atomic mass is 19.1. The van der Waals surface area contributed by atoms with Crippen molar-refractivity contribution in [3.63, 3.8) is 0 Å². The first kappa shape index (κ1) is 27.9. The number of aromatic hydroxyl groups is 1. The molecule has 0 aromatic heterocycles. The second-order valence-electron chi connectivity index (χ2n) is 11.2. The SMILES string of the molecule is COc1cc([C@@H]2c3cc4c(cc3[C@@H](OC(=O)N3CCN(c5ccc(F)cc5)CC3)[C@H]3COC(=O)[C@H]23)OCO4)cc(OC)c1O. The van der Waals surface area contributed by atoms with Crippen LogP contribution in [-0.2, 0) is 14.3 Å². The van der Waals surface area contributed by atoms with Crippen molar-refractivity contribution in [2.24, 2.45) is 11.8 Å². The molecule has 2 saturated heterocycles. The first-order valence-corrected chi connectivity index (χ1v) is 14.4. The van der Waals surface area contributed by atoms with Crippen LogP contribution >= 0.6 is 0 Å². The average Bonchev–Trinajstić information content (AvgIpc) is 3.67. The Morgan fingerprint density at radius 2 is 1.55 bits per heavy atom. The third-order valence-electron chi connectivity index (χ3n) is 8.94. The van der Waals surface area contributed by atoms with Crippen LogP contribution < -0.4 is 23.8 Å². The largest absolute Gasteiger partial charge is 0.502 e. The second-order valence-corrected chi connectivity index (χ2v) is 11.2. The Hall–Kier alpha value is -4.87. The molecule has 2 fully saturated rings. The Balaban J connectivity index is 1.22. The van der Waals surface area contributed by atoms with Crippen molar-refractivity contribution >= 4 is 17.7 Å². The normalized spacial score (nSPS) is 23.5. The van der Waals surface area contributed by atoms with Gasteiger partial charge in [-0.1, -0.05) is 0 Å². The molecule has 4 aliphatic rings. The Labute approximate surface area is 252 Å². The summed E-state index contributed by atoms with van der Waals surface area (Å²) in [5.41, 5.74) is 2.94. The van der Waals surface area contributed by atoms with E-state index in [4.69, 9.17) is 28.4 Å². The Morgan fingerprint density at radius 3 is 2.18 bits per heavy atom. The minimum absolute atomic E-state index is 0.0431. The highest BCUT2D eigenvalue weighted by Crippen LogP contribution is 2.56. The number of hydrogen-bond acceptors (Lipinski definition) is 10. The van der Waals surface area contributed by atoms with Crippen LogP contribution in [0.3, 0.4) is 0 Å². The van der Waals surface area contributed by atoms with E-state index in [1.54, 1.807) is 29.2 Å². The molecule has 11 nitrogen and oxygen atoms in total. The van der Waals surface area contributed by atoms with Crippen molar-refractivity contribution in [3.05, 3.63) is 71.0 Å². The quantitative estimate of drug-likeness (QED) is 0.424. The molecule has 3 aliphatic heterocycles. The number of phenols is 1. The van der Waals surface area contributed by atoms with E-state index in [1.165, 1.54) is 26.4 Å². The number of cyclic esters (lactones) is 1. The molecular formula is C32H31FN2O9. The van der Waals surface area contributed by atoms with Crippen molar-refractivity contribution in [3.8, 4) is 28.7 Å². The Bertz CT molecular complexity index is 1580. The molecule has 0 saturated carbocycles. The molecule has 0 bridgehead atoms. The van der Waals surface area contributed by atoms with Gasteiger partial charge in [-0.3, -0.25) is 4.79 Å². The van der Waals surface area contributed by atoms with Crippen molar-refractivity contribution in [2.45, 2.75) is 12.0 Å². The predicted molar refractivity (Wildman–Crippen MR) is 153 cm³/mol. The number of methoxy groups -OCH3 is 2. The van der Waals surface area contributed by atoms with Crippen LogP contribution in [0.15, 0.2) is 48.5 Å². The molecule has 1 aliphatic carbocycles. The maximum absolute atomic E-state index is 13.6. The van der Waals surface area contributed by atoms with E-state index in [0.717, 1.165) is 5.69 Å². The van der Waals surface area contributed by atoms with Gasteiger partial charge in [-0.25, -0.2) is 9.18 Å². The third-order valence-corrected chi connectivity index (χ3v) is 8.94. The van der Waals surface area contributed by atoms with E-state index < -0.39 is 35.9 Å². The van der Waals surface area contributed by atoms with Gasteiger partial charge < -0.3 is 43.3 Å². The van der Waals surface area contributed by atoms with Crippen molar-refractivity contribution in [1.82, 2.24) is 4.90 Å².